The maximum absolute atomic E-state index is 5.68. The second-order valence-corrected chi connectivity index (χ2v) is 5.91. The fourth-order valence-corrected chi connectivity index (χ4v) is 3.35. The van der Waals surface area contributed by atoms with E-state index in [1.807, 2.05) is 6.20 Å². The molecular formula is C14H18ClN3S. The molecule has 0 bridgehead atoms. The van der Waals surface area contributed by atoms with E-state index >= 15 is 0 Å². The first kappa shape index (κ1) is 14.3. The number of aromatic nitrogens is 1. The molecular weight excluding hydrogens is 278 g/mol. The van der Waals surface area contributed by atoms with E-state index in [0.717, 1.165) is 19.5 Å². The van der Waals surface area contributed by atoms with Crippen LogP contribution in [0.3, 0.4) is 0 Å². The quantitative estimate of drug-likeness (QED) is 0.924. The van der Waals surface area contributed by atoms with Crippen molar-refractivity contribution < 1.29 is 0 Å². The van der Waals surface area contributed by atoms with Crippen molar-refractivity contribution in [3.63, 3.8) is 0 Å². The Hall–Kier alpha value is -1.10. The highest BCUT2D eigenvalue weighted by Gasteiger charge is 2.23. The van der Waals surface area contributed by atoms with Crippen molar-refractivity contribution >= 4 is 28.9 Å². The molecule has 1 aromatic heterocycles. The first-order valence-corrected chi connectivity index (χ1v) is 7.08. The number of nitrogen functional groups attached to an aromatic ring is 1. The molecule has 0 fully saturated rings. The van der Waals surface area contributed by atoms with Crippen molar-refractivity contribution in [3.8, 4) is 0 Å². The molecule has 3 nitrogen and oxygen atoms in total. The van der Waals surface area contributed by atoms with Crippen LogP contribution in [0.2, 0.25) is 0 Å². The molecule has 0 saturated carbocycles. The average molecular weight is 296 g/mol. The van der Waals surface area contributed by atoms with Crippen molar-refractivity contribution in [2.24, 2.45) is 0 Å². The number of halogens is 1. The number of fused-ring (bicyclic) bond motifs is 1. The molecule has 1 aromatic carbocycles. The van der Waals surface area contributed by atoms with Crippen LogP contribution in [0.1, 0.15) is 29.0 Å². The molecule has 102 valence electrons. The summed E-state index contributed by atoms with van der Waals surface area (Å²) < 4.78 is 0. The van der Waals surface area contributed by atoms with Gasteiger partial charge in [0.2, 0.25) is 0 Å². The third-order valence-corrected chi connectivity index (χ3v) is 4.46. The summed E-state index contributed by atoms with van der Waals surface area (Å²) in [5.74, 6) is 0. The number of nitrogens with zero attached hydrogens (tertiary/aromatic N) is 2. The number of hydrogen-bond donors (Lipinski definition) is 1. The molecule has 1 unspecified atom stereocenters. The molecule has 1 aliphatic rings. The van der Waals surface area contributed by atoms with Gasteiger partial charge < -0.3 is 5.73 Å². The van der Waals surface area contributed by atoms with Crippen LogP contribution in [0.15, 0.2) is 30.5 Å². The van der Waals surface area contributed by atoms with Crippen molar-refractivity contribution in [3.05, 3.63) is 46.5 Å². The normalized spacial score (nSPS) is 18.7. The molecule has 5 heteroatoms. The number of thiazole rings is 1. The Morgan fingerprint density at radius 1 is 1.42 bits per heavy atom. The minimum absolute atomic E-state index is 0. The van der Waals surface area contributed by atoms with Crippen LogP contribution in [-0.2, 0) is 13.0 Å². The van der Waals surface area contributed by atoms with Crippen LogP contribution < -0.4 is 5.73 Å². The summed E-state index contributed by atoms with van der Waals surface area (Å²) in [6.45, 7) is 4.34. The van der Waals surface area contributed by atoms with Crippen molar-refractivity contribution in [1.29, 1.82) is 0 Å². The monoisotopic (exact) mass is 295 g/mol. The largest absolute Gasteiger partial charge is 0.375 e. The van der Waals surface area contributed by atoms with E-state index in [1.54, 1.807) is 11.3 Å². The second-order valence-electron chi connectivity index (χ2n) is 4.76. The summed E-state index contributed by atoms with van der Waals surface area (Å²) in [5, 5.41) is 0.662. The minimum Gasteiger partial charge on any atom is -0.375 e. The van der Waals surface area contributed by atoms with Crippen LogP contribution in [0.4, 0.5) is 5.13 Å². The maximum atomic E-state index is 5.68. The third kappa shape index (κ3) is 2.91. The first-order valence-electron chi connectivity index (χ1n) is 6.26. The van der Waals surface area contributed by atoms with Gasteiger partial charge in [0.05, 0.1) is 0 Å². The highest BCUT2D eigenvalue weighted by molar-refractivity contribution is 7.15. The third-order valence-electron chi connectivity index (χ3n) is 3.65. The van der Waals surface area contributed by atoms with Crippen molar-refractivity contribution in [2.45, 2.75) is 25.9 Å². The summed E-state index contributed by atoms with van der Waals surface area (Å²) >= 11 is 1.59. The topological polar surface area (TPSA) is 42.2 Å². The lowest BCUT2D eigenvalue weighted by Crippen LogP contribution is -2.33. The Kier molecular flexibility index (Phi) is 4.45. The Labute approximate surface area is 123 Å². The highest BCUT2D eigenvalue weighted by atomic mass is 35.5. The van der Waals surface area contributed by atoms with Gasteiger partial charge in [-0.1, -0.05) is 24.3 Å². The molecule has 1 aliphatic heterocycles. The lowest BCUT2D eigenvalue weighted by molar-refractivity contribution is 0.191. The average Bonchev–Trinajstić information content (AvgIpc) is 2.79. The van der Waals surface area contributed by atoms with Gasteiger partial charge in [-0.2, -0.15) is 0 Å². The van der Waals surface area contributed by atoms with Gasteiger partial charge in [0, 0.05) is 30.2 Å². The molecule has 0 saturated heterocycles. The molecule has 2 heterocycles. The van der Waals surface area contributed by atoms with E-state index in [2.05, 4.69) is 41.1 Å². The molecule has 3 rings (SSSR count). The lowest BCUT2D eigenvalue weighted by atomic mass is 9.94. The highest BCUT2D eigenvalue weighted by Crippen LogP contribution is 2.31. The van der Waals surface area contributed by atoms with Gasteiger partial charge in [-0.15, -0.1) is 23.7 Å². The molecule has 0 aliphatic carbocycles. The summed E-state index contributed by atoms with van der Waals surface area (Å²) in [6.07, 6.45) is 3.03. The van der Waals surface area contributed by atoms with E-state index in [1.165, 1.54) is 16.0 Å². The standard InChI is InChI=1S/C14H17N3S.ClH/c1-10-13-5-3-2-4-11(13)6-7-17(10)9-12-8-16-14(15)18-12;/h2-5,8,10H,6-7,9H2,1H3,(H2,15,16);1H. The summed E-state index contributed by atoms with van der Waals surface area (Å²) in [6, 6.07) is 9.22. The number of rotatable bonds is 2. The fraction of sp³-hybridized carbons (Fsp3) is 0.357. The second kappa shape index (κ2) is 5.90. The predicted molar refractivity (Wildman–Crippen MR) is 82.7 cm³/mol. The van der Waals surface area contributed by atoms with Crippen LogP contribution in [-0.4, -0.2) is 16.4 Å². The van der Waals surface area contributed by atoms with Gasteiger partial charge in [0.1, 0.15) is 0 Å². The Morgan fingerprint density at radius 2 is 2.21 bits per heavy atom. The van der Waals surface area contributed by atoms with Crippen molar-refractivity contribution in [1.82, 2.24) is 9.88 Å². The van der Waals surface area contributed by atoms with Crippen LogP contribution >= 0.6 is 23.7 Å². The minimum atomic E-state index is 0. The molecule has 19 heavy (non-hydrogen) atoms. The maximum Gasteiger partial charge on any atom is 0.180 e. The summed E-state index contributed by atoms with van der Waals surface area (Å²) in [4.78, 5) is 7.87. The number of anilines is 1. The van der Waals surface area contributed by atoms with Crippen molar-refractivity contribution in [2.75, 3.05) is 12.3 Å². The van der Waals surface area contributed by atoms with E-state index in [0.29, 0.717) is 11.2 Å². The number of nitrogens with two attached hydrogens (primary N) is 1. The predicted octanol–water partition coefficient (Wildman–Crippen LogP) is 3.27. The summed E-state index contributed by atoms with van der Waals surface area (Å²) in [5.41, 5.74) is 8.63. The fourth-order valence-electron chi connectivity index (χ4n) is 2.64. The summed E-state index contributed by atoms with van der Waals surface area (Å²) in [7, 11) is 0. The van der Waals surface area contributed by atoms with Gasteiger partial charge >= 0.3 is 0 Å². The molecule has 0 spiro atoms. The zero-order chi connectivity index (χ0) is 12.5. The van der Waals surface area contributed by atoms with Gasteiger partial charge in [-0.05, 0) is 24.5 Å². The SMILES string of the molecule is CC1c2ccccc2CCN1Cc1cnc(N)s1.Cl. The number of benzene rings is 1. The number of hydrogen-bond acceptors (Lipinski definition) is 4. The Balaban J connectivity index is 0.00000133. The van der Waals surface area contributed by atoms with E-state index < -0.39 is 0 Å². The van der Waals surface area contributed by atoms with Gasteiger partial charge in [0.15, 0.2) is 5.13 Å². The zero-order valence-corrected chi connectivity index (χ0v) is 12.5. The van der Waals surface area contributed by atoms with Gasteiger partial charge in [0.25, 0.3) is 0 Å². The van der Waals surface area contributed by atoms with Crippen LogP contribution in [0.5, 0.6) is 0 Å². The molecule has 0 radical (unpaired) electrons. The molecule has 2 aromatic rings. The molecule has 2 N–H and O–H groups in total. The molecule has 0 amide bonds. The van der Waals surface area contributed by atoms with Gasteiger partial charge in [-0.25, -0.2) is 4.98 Å². The zero-order valence-electron chi connectivity index (χ0n) is 10.9. The lowest BCUT2D eigenvalue weighted by Gasteiger charge is -2.34. The van der Waals surface area contributed by atoms with Crippen LogP contribution in [0.25, 0.3) is 0 Å². The van der Waals surface area contributed by atoms with E-state index in [-0.39, 0.29) is 12.4 Å². The smallest absolute Gasteiger partial charge is 0.180 e. The van der Waals surface area contributed by atoms with Crippen LogP contribution in [0, 0.1) is 0 Å². The Bertz CT molecular complexity index is 555. The van der Waals surface area contributed by atoms with E-state index in [9.17, 15) is 0 Å². The first-order chi connectivity index (χ1) is 8.74. The van der Waals surface area contributed by atoms with Gasteiger partial charge in [-0.3, -0.25) is 4.90 Å². The van der Waals surface area contributed by atoms with E-state index in [4.69, 9.17) is 5.73 Å². The molecule has 1 atom stereocenters. The Morgan fingerprint density at radius 3 is 2.95 bits per heavy atom.